The minimum absolute atomic E-state index is 0.172. The third kappa shape index (κ3) is 2.54. The van der Waals surface area contributed by atoms with E-state index < -0.39 is 6.10 Å². The topological polar surface area (TPSA) is 45.6 Å². The van der Waals surface area contributed by atoms with Gasteiger partial charge in [-0.3, -0.25) is 9.88 Å². The fourth-order valence-electron chi connectivity index (χ4n) is 2.80. The lowest BCUT2D eigenvalue weighted by Crippen LogP contribution is -2.44. The third-order valence-corrected chi connectivity index (χ3v) is 3.98. The molecule has 4 nitrogen and oxygen atoms in total. The van der Waals surface area contributed by atoms with Crippen LogP contribution in [0.25, 0.3) is 10.9 Å². The molecule has 1 aliphatic rings. The predicted molar refractivity (Wildman–Crippen MR) is 78.6 cm³/mol. The van der Waals surface area contributed by atoms with Gasteiger partial charge in [0.1, 0.15) is 12.2 Å². The summed E-state index contributed by atoms with van der Waals surface area (Å²) in [5.74, 6) is 0. The van der Waals surface area contributed by atoms with E-state index in [0.717, 1.165) is 36.1 Å². The Bertz CT molecular complexity index is 582. The van der Waals surface area contributed by atoms with Gasteiger partial charge in [-0.15, -0.1) is 0 Å². The number of aliphatic hydroxyl groups excluding tert-OH is 1. The number of nitrogens with zero attached hydrogens (tertiary/aromatic N) is 2. The quantitative estimate of drug-likeness (QED) is 0.928. The van der Waals surface area contributed by atoms with Crippen LogP contribution in [0.2, 0.25) is 0 Å². The first-order valence-corrected chi connectivity index (χ1v) is 7.15. The number of hydrogen-bond donors (Lipinski definition) is 1. The standard InChI is InChI=1S/C16H20N2O2/c1-2-18-9-10-20-15(11-18)16(19)13-5-3-7-14-12(13)6-4-8-17-14/h3-8,15-16,19H,2,9-11H2,1H3. The summed E-state index contributed by atoms with van der Waals surface area (Å²) in [6.07, 6.45) is 0.987. The molecule has 2 aromatic rings. The molecule has 106 valence electrons. The predicted octanol–water partition coefficient (Wildman–Crippen LogP) is 1.99. The second-order valence-corrected chi connectivity index (χ2v) is 5.16. The van der Waals surface area contributed by atoms with Crippen molar-refractivity contribution in [2.75, 3.05) is 26.2 Å². The Kier molecular flexibility index (Phi) is 3.96. The summed E-state index contributed by atoms with van der Waals surface area (Å²) in [7, 11) is 0. The fraction of sp³-hybridized carbons (Fsp3) is 0.438. The van der Waals surface area contributed by atoms with Crippen LogP contribution in [0, 0.1) is 0 Å². The van der Waals surface area contributed by atoms with Crippen molar-refractivity contribution in [3.8, 4) is 0 Å². The van der Waals surface area contributed by atoms with Gasteiger partial charge in [0.15, 0.2) is 0 Å². The number of rotatable bonds is 3. The Balaban J connectivity index is 1.90. The van der Waals surface area contributed by atoms with Gasteiger partial charge in [-0.25, -0.2) is 0 Å². The Hall–Kier alpha value is -1.49. The molecule has 0 saturated carbocycles. The van der Waals surface area contributed by atoms with E-state index in [1.165, 1.54) is 0 Å². The van der Waals surface area contributed by atoms with Crippen LogP contribution >= 0.6 is 0 Å². The highest BCUT2D eigenvalue weighted by molar-refractivity contribution is 5.82. The zero-order valence-corrected chi connectivity index (χ0v) is 11.7. The van der Waals surface area contributed by atoms with Crippen LogP contribution in [-0.4, -0.2) is 47.3 Å². The van der Waals surface area contributed by atoms with Crippen molar-refractivity contribution >= 4 is 10.9 Å². The lowest BCUT2D eigenvalue weighted by Gasteiger charge is -2.34. The minimum atomic E-state index is -0.614. The average molecular weight is 272 g/mol. The molecule has 1 fully saturated rings. The zero-order valence-electron chi connectivity index (χ0n) is 11.7. The van der Waals surface area contributed by atoms with Gasteiger partial charge in [-0.2, -0.15) is 0 Å². The first-order chi connectivity index (χ1) is 9.79. The maximum absolute atomic E-state index is 10.7. The van der Waals surface area contributed by atoms with Crippen molar-refractivity contribution in [2.24, 2.45) is 0 Å². The maximum Gasteiger partial charge on any atom is 0.107 e. The van der Waals surface area contributed by atoms with E-state index in [-0.39, 0.29) is 6.10 Å². The number of aromatic nitrogens is 1. The van der Waals surface area contributed by atoms with Gasteiger partial charge < -0.3 is 9.84 Å². The Morgan fingerprint density at radius 1 is 1.40 bits per heavy atom. The molecule has 0 radical (unpaired) electrons. The van der Waals surface area contributed by atoms with Crippen molar-refractivity contribution in [2.45, 2.75) is 19.1 Å². The molecule has 4 heteroatoms. The van der Waals surface area contributed by atoms with Gasteiger partial charge >= 0.3 is 0 Å². The van der Waals surface area contributed by atoms with Gasteiger partial charge in [0, 0.05) is 24.7 Å². The van der Waals surface area contributed by atoms with Gasteiger partial charge in [-0.1, -0.05) is 25.1 Å². The number of ether oxygens (including phenoxy) is 1. The molecule has 2 atom stereocenters. The Morgan fingerprint density at radius 2 is 2.30 bits per heavy atom. The highest BCUT2D eigenvalue weighted by Gasteiger charge is 2.28. The minimum Gasteiger partial charge on any atom is -0.386 e. The fourth-order valence-corrected chi connectivity index (χ4v) is 2.80. The van der Waals surface area contributed by atoms with Crippen LogP contribution in [0.1, 0.15) is 18.6 Å². The molecule has 3 rings (SSSR count). The van der Waals surface area contributed by atoms with Crippen LogP contribution in [0.3, 0.4) is 0 Å². The van der Waals surface area contributed by atoms with Crippen LogP contribution in [0.15, 0.2) is 36.5 Å². The largest absolute Gasteiger partial charge is 0.386 e. The summed E-state index contributed by atoms with van der Waals surface area (Å²) >= 11 is 0. The van der Waals surface area contributed by atoms with Crippen LogP contribution in [0.4, 0.5) is 0 Å². The summed E-state index contributed by atoms with van der Waals surface area (Å²) in [5.41, 5.74) is 1.81. The molecule has 2 heterocycles. The molecule has 0 bridgehead atoms. The molecule has 0 amide bonds. The number of pyridine rings is 1. The smallest absolute Gasteiger partial charge is 0.107 e. The van der Waals surface area contributed by atoms with E-state index >= 15 is 0 Å². The summed E-state index contributed by atoms with van der Waals surface area (Å²) in [4.78, 5) is 6.64. The van der Waals surface area contributed by atoms with Gasteiger partial charge in [-0.05, 0) is 24.2 Å². The molecular weight excluding hydrogens is 252 g/mol. The highest BCUT2D eigenvalue weighted by Crippen LogP contribution is 2.28. The molecule has 1 saturated heterocycles. The number of benzene rings is 1. The lowest BCUT2D eigenvalue weighted by molar-refractivity contribution is -0.0884. The molecule has 1 aromatic heterocycles. The highest BCUT2D eigenvalue weighted by atomic mass is 16.5. The van der Waals surface area contributed by atoms with Crippen LogP contribution in [-0.2, 0) is 4.74 Å². The van der Waals surface area contributed by atoms with Gasteiger partial charge in [0.2, 0.25) is 0 Å². The van der Waals surface area contributed by atoms with E-state index in [0.29, 0.717) is 6.61 Å². The van der Waals surface area contributed by atoms with E-state index in [1.54, 1.807) is 6.20 Å². The second-order valence-electron chi connectivity index (χ2n) is 5.16. The van der Waals surface area contributed by atoms with E-state index in [9.17, 15) is 5.11 Å². The molecule has 1 N–H and O–H groups in total. The molecule has 1 aromatic carbocycles. The molecule has 1 aliphatic heterocycles. The summed E-state index contributed by atoms with van der Waals surface area (Å²) < 4.78 is 5.76. The summed E-state index contributed by atoms with van der Waals surface area (Å²) in [6.45, 7) is 5.52. The molecule has 0 aliphatic carbocycles. The molecular formula is C16H20N2O2. The van der Waals surface area contributed by atoms with Crippen molar-refractivity contribution in [3.05, 3.63) is 42.1 Å². The zero-order chi connectivity index (χ0) is 13.9. The third-order valence-electron chi connectivity index (χ3n) is 3.98. The van der Waals surface area contributed by atoms with Crippen molar-refractivity contribution < 1.29 is 9.84 Å². The van der Waals surface area contributed by atoms with E-state index in [2.05, 4.69) is 16.8 Å². The number of aliphatic hydroxyl groups is 1. The average Bonchev–Trinajstić information content (AvgIpc) is 2.53. The maximum atomic E-state index is 10.7. The number of fused-ring (bicyclic) bond motifs is 1. The van der Waals surface area contributed by atoms with Gasteiger partial charge in [0.05, 0.1) is 12.1 Å². The molecule has 0 spiro atoms. The molecule has 2 unspecified atom stereocenters. The Labute approximate surface area is 119 Å². The Morgan fingerprint density at radius 3 is 3.15 bits per heavy atom. The summed E-state index contributed by atoms with van der Waals surface area (Å²) in [6, 6.07) is 9.77. The van der Waals surface area contributed by atoms with Crippen LogP contribution < -0.4 is 0 Å². The lowest BCUT2D eigenvalue weighted by atomic mass is 9.98. The number of hydrogen-bond acceptors (Lipinski definition) is 4. The van der Waals surface area contributed by atoms with Crippen molar-refractivity contribution in [3.63, 3.8) is 0 Å². The van der Waals surface area contributed by atoms with Crippen molar-refractivity contribution in [1.29, 1.82) is 0 Å². The normalized spacial score (nSPS) is 22.0. The monoisotopic (exact) mass is 272 g/mol. The number of likely N-dealkylation sites (N-methyl/N-ethyl adjacent to an activating group) is 1. The van der Waals surface area contributed by atoms with Crippen LogP contribution in [0.5, 0.6) is 0 Å². The SMILES string of the molecule is CCN1CCOC(C(O)c2cccc3ncccc23)C1. The first-order valence-electron chi connectivity index (χ1n) is 7.15. The number of morpholine rings is 1. The molecule has 20 heavy (non-hydrogen) atoms. The van der Waals surface area contributed by atoms with E-state index in [4.69, 9.17) is 4.74 Å². The van der Waals surface area contributed by atoms with Crippen molar-refractivity contribution in [1.82, 2.24) is 9.88 Å². The summed E-state index contributed by atoms with van der Waals surface area (Å²) in [5, 5.41) is 11.7. The first kappa shape index (κ1) is 13.5. The van der Waals surface area contributed by atoms with Gasteiger partial charge in [0.25, 0.3) is 0 Å². The van der Waals surface area contributed by atoms with E-state index in [1.807, 2.05) is 30.3 Å². The second kappa shape index (κ2) is 5.87.